The van der Waals surface area contributed by atoms with E-state index in [9.17, 15) is 4.79 Å². The third-order valence-electron chi connectivity index (χ3n) is 4.27. The van der Waals surface area contributed by atoms with Gasteiger partial charge in [-0.25, -0.2) is 5.43 Å². The van der Waals surface area contributed by atoms with Gasteiger partial charge in [-0.15, -0.1) is 0 Å². The van der Waals surface area contributed by atoms with Crippen LogP contribution in [0.5, 0.6) is 0 Å². The Hall–Kier alpha value is -1.59. The SMILES string of the molecule is CC1CC(C(=O)Nc2ccc(N3CCCCC3)cc2)NN1. The van der Waals surface area contributed by atoms with Gasteiger partial charge in [0.15, 0.2) is 0 Å². The number of benzene rings is 1. The van der Waals surface area contributed by atoms with E-state index in [2.05, 4.69) is 40.1 Å². The number of nitrogens with one attached hydrogen (secondary N) is 3. The van der Waals surface area contributed by atoms with E-state index in [4.69, 9.17) is 0 Å². The Bertz CT molecular complexity index is 482. The van der Waals surface area contributed by atoms with Gasteiger partial charge in [-0.3, -0.25) is 10.2 Å². The maximum Gasteiger partial charge on any atom is 0.242 e. The normalized spacial score (nSPS) is 25.9. The summed E-state index contributed by atoms with van der Waals surface area (Å²) in [6.07, 6.45) is 4.71. The van der Waals surface area contributed by atoms with E-state index in [-0.39, 0.29) is 11.9 Å². The van der Waals surface area contributed by atoms with Gasteiger partial charge in [0.2, 0.25) is 5.91 Å². The number of carbonyl (C=O) groups is 1. The molecule has 1 amide bonds. The molecule has 0 saturated carbocycles. The molecule has 3 N–H and O–H groups in total. The quantitative estimate of drug-likeness (QED) is 0.795. The molecule has 1 aromatic rings. The van der Waals surface area contributed by atoms with Crippen molar-refractivity contribution in [1.82, 2.24) is 10.9 Å². The van der Waals surface area contributed by atoms with Crippen molar-refractivity contribution in [3.05, 3.63) is 24.3 Å². The molecule has 114 valence electrons. The van der Waals surface area contributed by atoms with E-state index in [1.165, 1.54) is 24.9 Å². The number of carbonyl (C=O) groups excluding carboxylic acids is 1. The first-order valence-electron chi connectivity index (χ1n) is 7.89. The fourth-order valence-electron chi connectivity index (χ4n) is 3.02. The van der Waals surface area contributed by atoms with Crippen molar-refractivity contribution >= 4 is 17.3 Å². The second-order valence-corrected chi connectivity index (χ2v) is 6.06. The first-order chi connectivity index (χ1) is 10.2. The number of rotatable bonds is 3. The lowest BCUT2D eigenvalue weighted by molar-refractivity contribution is -0.117. The molecule has 21 heavy (non-hydrogen) atoms. The van der Waals surface area contributed by atoms with Crippen LogP contribution in [0.3, 0.4) is 0 Å². The maximum atomic E-state index is 12.1. The Labute approximate surface area is 126 Å². The first-order valence-corrected chi connectivity index (χ1v) is 7.89. The van der Waals surface area contributed by atoms with Crippen LogP contribution in [-0.4, -0.2) is 31.1 Å². The van der Waals surface area contributed by atoms with Crippen LogP contribution in [-0.2, 0) is 4.79 Å². The van der Waals surface area contributed by atoms with Crippen molar-refractivity contribution < 1.29 is 4.79 Å². The van der Waals surface area contributed by atoms with Crippen LogP contribution in [0.1, 0.15) is 32.6 Å². The smallest absolute Gasteiger partial charge is 0.242 e. The second kappa shape index (κ2) is 6.45. The fraction of sp³-hybridized carbons (Fsp3) is 0.562. The van der Waals surface area contributed by atoms with Gasteiger partial charge in [-0.1, -0.05) is 0 Å². The Morgan fingerprint density at radius 3 is 2.48 bits per heavy atom. The molecule has 0 radical (unpaired) electrons. The number of piperidine rings is 1. The number of nitrogens with zero attached hydrogens (tertiary/aromatic N) is 1. The van der Waals surface area contributed by atoms with Crippen LogP contribution in [0.2, 0.25) is 0 Å². The zero-order valence-electron chi connectivity index (χ0n) is 12.6. The molecule has 3 rings (SSSR count). The summed E-state index contributed by atoms with van der Waals surface area (Å²) in [7, 11) is 0. The topological polar surface area (TPSA) is 56.4 Å². The molecule has 2 aliphatic heterocycles. The number of hydrogen-bond donors (Lipinski definition) is 3. The highest BCUT2D eigenvalue weighted by Crippen LogP contribution is 2.22. The van der Waals surface area contributed by atoms with Crippen molar-refractivity contribution in [1.29, 1.82) is 0 Å². The van der Waals surface area contributed by atoms with E-state index < -0.39 is 0 Å². The van der Waals surface area contributed by atoms with Crippen LogP contribution < -0.4 is 21.1 Å². The molecule has 1 aromatic carbocycles. The molecule has 2 fully saturated rings. The molecule has 2 heterocycles. The lowest BCUT2D eigenvalue weighted by atomic mass is 10.1. The van der Waals surface area contributed by atoms with E-state index in [0.29, 0.717) is 6.04 Å². The molecule has 0 aromatic heterocycles. The van der Waals surface area contributed by atoms with Crippen molar-refractivity contribution in [3.63, 3.8) is 0 Å². The van der Waals surface area contributed by atoms with Crippen LogP contribution in [0, 0.1) is 0 Å². The first kappa shape index (κ1) is 14.4. The molecule has 2 aliphatic rings. The molecule has 5 heteroatoms. The Kier molecular flexibility index (Phi) is 4.41. The summed E-state index contributed by atoms with van der Waals surface area (Å²) in [6, 6.07) is 8.37. The maximum absolute atomic E-state index is 12.1. The van der Waals surface area contributed by atoms with Gasteiger partial charge in [0.1, 0.15) is 6.04 Å². The van der Waals surface area contributed by atoms with Crippen molar-refractivity contribution in [2.45, 2.75) is 44.7 Å². The summed E-state index contributed by atoms with van der Waals surface area (Å²) < 4.78 is 0. The summed E-state index contributed by atoms with van der Waals surface area (Å²) >= 11 is 0. The number of hydrogen-bond acceptors (Lipinski definition) is 4. The predicted octanol–water partition coefficient (Wildman–Crippen LogP) is 1.87. The highest BCUT2D eigenvalue weighted by molar-refractivity contribution is 5.95. The van der Waals surface area contributed by atoms with Gasteiger partial charge in [0.05, 0.1) is 0 Å². The lowest BCUT2D eigenvalue weighted by Gasteiger charge is -2.28. The molecule has 2 atom stereocenters. The summed E-state index contributed by atoms with van der Waals surface area (Å²) in [4.78, 5) is 14.5. The molecule has 0 spiro atoms. The van der Waals surface area contributed by atoms with Crippen molar-refractivity contribution in [2.75, 3.05) is 23.3 Å². The van der Waals surface area contributed by atoms with E-state index in [1.54, 1.807) is 0 Å². The monoisotopic (exact) mass is 288 g/mol. The number of anilines is 2. The van der Waals surface area contributed by atoms with Crippen LogP contribution in [0.4, 0.5) is 11.4 Å². The Morgan fingerprint density at radius 1 is 1.14 bits per heavy atom. The summed E-state index contributed by atoms with van der Waals surface area (Å²) in [6.45, 7) is 4.34. The lowest BCUT2D eigenvalue weighted by Crippen LogP contribution is -2.39. The van der Waals surface area contributed by atoms with Gasteiger partial charge < -0.3 is 10.2 Å². The van der Waals surface area contributed by atoms with Crippen molar-refractivity contribution in [2.24, 2.45) is 0 Å². The van der Waals surface area contributed by atoms with Gasteiger partial charge in [-0.05, 0) is 56.9 Å². The van der Waals surface area contributed by atoms with Crippen LogP contribution in [0.15, 0.2) is 24.3 Å². The summed E-state index contributed by atoms with van der Waals surface area (Å²) in [5, 5.41) is 2.97. The van der Waals surface area contributed by atoms with E-state index in [0.717, 1.165) is 25.2 Å². The Morgan fingerprint density at radius 2 is 1.86 bits per heavy atom. The zero-order chi connectivity index (χ0) is 14.7. The van der Waals surface area contributed by atoms with Crippen molar-refractivity contribution in [3.8, 4) is 0 Å². The van der Waals surface area contributed by atoms with Gasteiger partial charge in [0, 0.05) is 30.5 Å². The minimum absolute atomic E-state index is 0.0255. The third-order valence-corrected chi connectivity index (χ3v) is 4.27. The largest absolute Gasteiger partial charge is 0.372 e. The summed E-state index contributed by atoms with van der Waals surface area (Å²) in [5.74, 6) is 0.0255. The molecular formula is C16H24N4O. The van der Waals surface area contributed by atoms with Gasteiger partial charge >= 0.3 is 0 Å². The number of amides is 1. The van der Waals surface area contributed by atoms with E-state index >= 15 is 0 Å². The zero-order valence-corrected chi connectivity index (χ0v) is 12.6. The summed E-state index contributed by atoms with van der Waals surface area (Å²) in [5.41, 5.74) is 8.20. The van der Waals surface area contributed by atoms with E-state index in [1.807, 2.05) is 12.1 Å². The average Bonchev–Trinajstić information content (AvgIpc) is 2.96. The average molecular weight is 288 g/mol. The fourth-order valence-corrected chi connectivity index (χ4v) is 3.02. The predicted molar refractivity (Wildman–Crippen MR) is 85.3 cm³/mol. The molecule has 2 saturated heterocycles. The molecular weight excluding hydrogens is 264 g/mol. The molecule has 2 unspecified atom stereocenters. The molecule has 0 aliphatic carbocycles. The highest BCUT2D eigenvalue weighted by Gasteiger charge is 2.26. The van der Waals surface area contributed by atoms with Gasteiger partial charge in [0.25, 0.3) is 0 Å². The highest BCUT2D eigenvalue weighted by atomic mass is 16.2. The van der Waals surface area contributed by atoms with Crippen LogP contribution >= 0.6 is 0 Å². The minimum Gasteiger partial charge on any atom is -0.372 e. The van der Waals surface area contributed by atoms with Gasteiger partial charge in [-0.2, -0.15) is 0 Å². The minimum atomic E-state index is -0.151. The molecule has 5 nitrogen and oxygen atoms in total. The number of hydrazine groups is 1. The second-order valence-electron chi connectivity index (χ2n) is 6.06. The third kappa shape index (κ3) is 3.54. The van der Waals surface area contributed by atoms with Crippen LogP contribution in [0.25, 0.3) is 0 Å². The standard InChI is InChI=1S/C16H24N4O/c1-12-11-15(19-18-12)16(21)17-13-5-7-14(8-6-13)20-9-3-2-4-10-20/h5-8,12,15,18-19H,2-4,9-11H2,1H3,(H,17,21). The molecule has 0 bridgehead atoms. The Balaban J connectivity index is 1.57.